The van der Waals surface area contributed by atoms with Crippen molar-refractivity contribution in [1.29, 1.82) is 5.26 Å². The normalized spacial score (nSPS) is 27.9. The summed E-state index contributed by atoms with van der Waals surface area (Å²) in [5, 5.41) is 41.3. The van der Waals surface area contributed by atoms with Gasteiger partial charge in [0.15, 0.2) is 0 Å². The van der Waals surface area contributed by atoms with Crippen molar-refractivity contribution in [3.05, 3.63) is 29.4 Å². The summed E-state index contributed by atoms with van der Waals surface area (Å²) in [5.41, 5.74) is 2.08. The maximum Gasteiger partial charge on any atom is 0.245 e. The van der Waals surface area contributed by atoms with Crippen LogP contribution in [0.4, 0.5) is 5.95 Å². The van der Waals surface area contributed by atoms with Crippen LogP contribution in [0.25, 0.3) is 21.8 Å². The molecule has 0 spiro atoms. The molecule has 0 radical (unpaired) electrons. The van der Waals surface area contributed by atoms with E-state index in [-0.39, 0.29) is 21.8 Å². The topological polar surface area (TPSA) is 124 Å². The van der Waals surface area contributed by atoms with Crippen LogP contribution >= 0.6 is 11.3 Å². The van der Waals surface area contributed by atoms with Gasteiger partial charge in [0.2, 0.25) is 11.0 Å². The molecule has 0 amide bonds. The summed E-state index contributed by atoms with van der Waals surface area (Å²) in [7, 11) is 0. The van der Waals surface area contributed by atoms with Crippen LogP contribution in [-0.2, 0) is 0 Å². The summed E-state index contributed by atoms with van der Waals surface area (Å²) in [4.78, 5) is 7.15. The molecule has 3 atom stereocenters. The number of hydrogen-bond donors (Lipinski definition) is 2. The highest BCUT2D eigenvalue weighted by molar-refractivity contribution is 7.15. The SMILES string of the molecule is C[C@]12CCC[C@](C)(CC(N(c3ncc(-c4ccc(-c5nnc(C#N)s5)cc4O)nn3)C3CC3)C1)N2. The standard InChI is InChI=1S/C25H28N8OS/c1-24-8-3-9-25(2,32-24)12-17(11-24)33(16-5-6-16)23-27-14-19(28-31-23)18-7-4-15(10-20(18)34)22-30-29-21(13-26)35-22/h4,7,10,14,16-17,32,34H,3,5-6,8-9,11-12H2,1-2H3/t17?,24-,25+. The molecule has 1 aromatic carbocycles. The minimum absolute atomic E-state index is 0.0612. The average molecular weight is 489 g/mol. The van der Waals surface area contributed by atoms with E-state index in [0.717, 1.165) is 12.8 Å². The number of nitriles is 1. The second-order valence-electron chi connectivity index (χ2n) is 10.7. The predicted octanol–water partition coefficient (Wildman–Crippen LogP) is 4.06. The first-order chi connectivity index (χ1) is 16.8. The second-order valence-corrected chi connectivity index (χ2v) is 11.7. The maximum absolute atomic E-state index is 10.7. The Hall–Kier alpha value is -3.16. The van der Waals surface area contributed by atoms with Crippen LogP contribution in [0.2, 0.25) is 0 Å². The van der Waals surface area contributed by atoms with Gasteiger partial charge < -0.3 is 15.3 Å². The number of fused-ring (bicyclic) bond motifs is 2. The van der Waals surface area contributed by atoms with Crippen LogP contribution in [-0.4, -0.2) is 53.6 Å². The van der Waals surface area contributed by atoms with E-state index in [2.05, 4.69) is 44.5 Å². The summed E-state index contributed by atoms with van der Waals surface area (Å²) in [6, 6.07) is 8.08. The molecule has 2 saturated heterocycles. The van der Waals surface area contributed by atoms with Gasteiger partial charge in [0.1, 0.15) is 22.5 Å². The fourth-order valence-corrected chi connectivity index (χ4v) is 6.73. The van der Waals surface area contributed by atoms with E-state index in [1.165, 1.54) is 43.4 Å². The fourth-order valence-electron chi connectivity index (χ4n) is 6.09. The van der Waals surface area contributed by atoms with E-state index in [4.69, 9.17) is 10.2 Å². The van der Waals surface area contributed by atoms with Crippen LogP contribution in [0.5, 0.6) is 5.75 Å². The fraction of sp³-hybridized carbons (Fsp3) is 0.520. The first-order valence-electron chi connectivity index (χ1n) is 12.2. The van der Waals surface area contributed by atoms with E-state index in [1.54, 1.807) is 18.3 Å². The minimum Gasteiger partial charge on any atom is -0.507 e. The van der Waals surface area contributed by atoms with Crippen molar-refractivity contribution in [3.63, 3.8) is 0 Å². The Bertz CT molecular complexity index is 1280. The lowest BCUT2D eigenvalue weighted by atomic mass is 9.69. The zero-order valence-electron chi connectivity index (χ0n) is 19.9. The van der Waals surface area contributed by atoms with Crippen molar-refractivity contribution in [2.45, 2.75) is 82.0 Å². The van der Waals surface area contributed by atoms with Crippen LogP contribution < -0.4 is 10.2 Å². The van der Waals surface area contributed by atoms with Gasteiger partial charge in [-0.2, -0.15) is 5.26 Å². The number of hydrogen-bond acceptors (Lipinski definition) is 10. The number of piperidine rings is 2. The van der Waals surface area contributed by atoms with E-state index in [9.17, 15) is 5.11 Å². The number of benzene rings is 1. The van der Waals surface area contributed by atoms with Crippen molar-refractivity contribution in [2.24, 2.45) is 0 Å². The second kappa shape index (κ2) is 8.21. The molecule has 35 heavy (non-hydrogen) atoms. The highest BCUT2D eigenvalue weighted by Crippen LogP contribution is 2.44. The molecular weight excluding hydrogens is 460 g/mol. The molecule has 10 heteroatoms. The smallest absolute Gasteiger partial charge is 0.245 e. The van der Waals surface area contributed by atoms with E-state index < -0.39 is 0 Å². The molecule has 1 aliphatic carbocycles. The van der Waals surface area contributed by atoms with Gasteiger partial charge >= 0.3 is 0 Å². The maximum atomic E-state index is 10.7. The molecule has 9 nitrogen and oxygen atoms in total. The number of aromatic nitrogens is 5. The number of phenolic OH excluding ortho intramolecular Hbond substituents is 1. The summed E-state index contributed by atoms with van der Waals surface area (Å²) in [6.45, 7) is 4.72. The van der Waals surface area contributed by atoms with Crippen molar-refractivity contribution in [2.75, 3.05) is 4.90 Å². The Morgan fingerprint density at radius 3 is 2.46 bits per heavy atom. The molecule has 3 fully saturated rings. The molecule has 3 aromatic rings. The van der Waals surface area contributed by atoms with E-state index in [1.807, 2.05) is 12.1 Å². The Kier molecular flexibility index (Phi) is 5.23. The van der Waals surface area contributed by atoms with Crippen LogP contribution in [0, 0.1) is 11.3 Å². The highest BCUT2D eigenvalue weighted by Gasteiger charge is 2.49. The van der Waals surface area contributed by atoms with Gasteiger partial charge in [0.05, 0.1) is 6.20 Å². The van der Waals surface area contributed by atoms with E-state index in [0.29, 0.717) is 39.9 Å². The first kappa shape index (κ1) is 22.3. The molecule has 6 rings (SSSR count). The number of phenols is 1. The minimum atomic E-state index is 0.0612. The van der Waals surface area contributed by atoms with Gasteiger partial charge in [-0.1, -0.05) is 17.4 Å². The highest BCUT2D eigenvalue weighted by atomic mass is 32.1. The number of nitrogens with one attached hydrogen (secondary N) is 1. The summed E-state index contributed by atoms with van der Waals surface area (Å²) >= 11 is 1.18. The van der Waals surface area contributed by atoms with Crippen molar-refractivity contribution >= 4 is 17.3 Å². The van der Waals surface area contributed by atoms with Crippen molar-refractivity contribution < 1.29 is 5.11 Å². The van der Waals surface area contributed by atoms with Gasteiger partial charge in [-0.3, -0.25) is 0 Å². The predicted molar refractivity (Wildman–Crippen MR) is 133 cm³/mol. The molecule has 2 bridgehead atoms. The van der Waals surface area contributed by atoms with Gasteiger partial charge in [0.25, 0.3) is 0 Å². The summed E-state index contributed by atoms with van der Waals surface area (Å²) < 4.78 is 0. The van der Waals surface area contributed by atoms with Gasteiger partial charge in [-0.05, 0) is 70.9 Å². The lowest BCUT2D eigenvalue weighted by molar-refractivity contribution is 0.0764. The summed E-state index contributed by atoms with van der Waals surface area (Å²) in [6.07, 6.45) is 9.92. The molecule has 3 aliphatic rings. The lowest BCUT2D eigenvalue weighted by Crippen LogP contribution is -2.67. The third kappa shape index (κ3) is 4.23. The van der Waals surface area contributed by atoms with Gasteiger partial charge in [-0.15, -0.1) is 20.4 Å². The zero-order chi connectivity index (χ0) is 24.2. The Labute approximate surface area is 208 Å². The quantitative estimate of drug-likeness (QED) is 0.547. The number of aromatic hydroxyl groups is 1. The lowest BCUT2D eigenvalue weighted by Gasteiger charge is -2.55. The van der Waals surface area contributed by atoms with Crippen LogP contribution in [0.15, 0.2) is 24.4 Å². The van der Waals surface area contributed by atoms with Gasteiger partial charge in [-0.25, -0.2) is 4.98 Å². The van der Waals surface area contributed by atoms with Crippen LogP contribution in [0.1, 0.15) is 63.8 Å². The molecule has 1 saturated carbocycles. The molecule has 2 aromatic heterocycles. The molecule has 1 unspecified atom stereocenters. The Morgan fingerprint density at radius 2 is 1.86 bits per heavy atom. The average Bonchev–Trinajstić information content (AvgIpc) is 3.53. The number of nitrogens with zero attached hydrogens (tertiary/aromatic N) is 7. The number of anilines is 1. The molecule has 4 heterocycles. The monoisotopic (exact) mass is 488 g/mol. The molecular formula is C25H28N8OS. The zero-order valence-corrected chi connectivity index (χ0v) is 20.7. The van der Waals surface area contributed by atoms with Crippen molar-refractivity contribution in [3.8, 4) is 33.6 Å². The third-order valence-electron chi connectivity index (χ3n) is 7.59. The summed E-state index contributed by atoms with van der Waals surface area (Å²) in [5.74, 6) is 0.744. The van der Waals surface area contributed by atoms with Crippen LogP contribution in [0.3, 0.4) is 0 Å². The van der Waals surface area contributed by atoms with Gasteiger partial charge in [0, 0.05) is 34.3 Å². The molecule has 2 aliphatic heterocycles. The van der Waals surface area contributed by atoms with E-state index >= 15 is 0 Å². The Morgan fingerprint density at radius 1 is 1.09 bits per heavy atom. The number of rotatable bonds is 5. The third-order valence-corrected chi connectivity index (χ3v) is 8.47. The molecule has 2 N–H and O–H groups in total. The largest absolute Gasteiger partial charge is 0.507 e. The first-order valence-corrected chi connectivity index (χ1v) is 13.0. The Balaban J connectivity index is 1.26. The molecule has 180 valence electrons. The van der Waals surface area contributed by atoms with Crippen molar-refractivity contribution in [1.82, 2.24) is 30.7 Å².